The first-order chi connectivity index (χ1) is 13.6. The summed E-state index contributed by atoms with van der Waals surface area (Å²) >= 11 is 0. The third-order valence-corrected chi connectivity index (χ3v) is 6.77. The Morgan fingerprint density at radius 1 is 0.944 bits per heavy atom. The van der Waals surface area contributed by atoms with Crippen molar-refractivity contribution in [2.75, 3.05) is 6.61 Å². The summed E-state index contributed by atoms with van der Waals surface area (Å²) in [5, 5.41) is 9.54. The fraction of sp³-hybridized carbons (Fsp3) is 0.889. The highest BCUT2D eigenvalue weighted by Gasteiger charge is 2.69. The minimum atomic E-state index is -5.15. The number of hydrogen-bond acceptors (Lipinski definition) is 5. The van der Waals surface area contributed by atoms with Crippen molar-refractivity contribution in [3.8, 4) is 0 Å². The molecule has 2 bridgehead atoms. The van der Waals surface area contributed by atoms with Crippen LogP contribution in [0.3, 0.4) is 0 Å². The van der Waals surface area contributed by atoms with E-state index in [-0.39, 0.29) is 63.5 Å². The summed E-state index contributed by atoms with van der Waals surface area (Å²) < 4.78 is 52.2. The topological polar surface area (TPSA) is 89.9 Å². The van der Waals surface area contributed by atoms with E-state index in [0.29, 0.717) is 13.3 Å². The number of esters is 2. The Hall–Kier alpha value is -1.80. The van der Waals surface area contributed by atoms with Crippen molar-refractivity contribution < 1.29 is 42.1 Å². The number of aliphatic carboxylic acids is 1. The van der Waals surface area contributed by atoms with Gasteiger partial charge in [-0.05, 0) is 71.1 Å². The number of carboxylic acid groups (broad SMARTS) is 1. The highest BCUT2D eigenvalue weighted by atomic mass is 19.4. The normalized spacial score (nSPS) is 26.4. The van der Waals surface area contributed by atoms with Gasteiger partial charge in [0.25, 0.3) is 0 Å². The van der Waals surface area contributed by atoms with Crippen LogP contribution in [0.5, 0.6) is 0 Å². The summed E-state index contributed by atoms with van der Waals surface area (Å²) in [5.74, 6) is -7.98. The van der Waals surface area contributed by atoms with E-state index in [0.717, 1.165) is 0 Å². The highest BCUT2D eigenvalue weighted by Crippen LogP contribution is 2.62. The number of rotatable bonds is 6. The zero-order valence-electron chi connectivity index (χ0n) is 18.2. The second-order valence-electron chi connectivity index (χ2n) is 9.71. The summed E-state index contributed by atoms with van der Waals surface area (Å²) in [4.78, 5) is 37.1. The predicted octanol–water partition coefficient (Wildman–Crippen LogP) is 7.89. The van der Waals surface area contributed by atoms with Crippen molar-refractivity contribution in [3.63, 3.8) is 0 Å². The first-order valence-corrected chi connectivity index (χ1v) is 10.3. The summed E-state index contributed by atoms with van der Waals surface area (Å²) in [5.41, 5.74) is -3.97. The van der Waals surface area contributed by atoms with Crippen molar-refractivity contribution >= 4 is 17.9 Å². The van der Waals surface area contributed by atoms with Crippen LogP contribution >= 0.6 is 0 Å². The Kier molecular flexibility index (Phi) is 18.2. The molecule has 36 heavy (non-hydrogen) atoms. The maximum absolute atomic E-state index is 14.0. The zero-order valence-corrected chi connectivity index (χ0v) is 18.2. The van der Waals surface area contributed by atoms with E-state index in [1.54, 1.807) is 27.7 Å². The molecule has 0 heterocycles. The van der Waals surface area contributed by atoms with E-state index in [1.165, 1.54) is 6.92 Å². The van der Waals surface area contributed by atoms with Gasteiger partial charge >= 0.3 is 24.1 Å². The Morgan fingerprint density at radius 3 is 1.75 bits per heavy atom. The van der Waals surface area contributed by atoms with Crippen LogP contribution in [0.15, 0.2) is 0 Å². The SMILES string of the molecule is C.C.C.C.C.C.CCOC(=O)C(C1C2CC(C(=O)OC(C)(C)C)C(C2)C1C)C(C)(C(=O)O)C(F)(F)F. The number of halogens is 3. The molecule has 220 valence electrons. The van der Waals surface area contributed by atoms with Crippen LogP contribution in [0.4, 0.5) is 13.2 Å². The molecule has 2 aliphatic carbocycles. The molecule has 0 aromatic rings. The maximum Gasteiger partial charge on any atom is 0.405 e. The van der Waals surface area contributed by atoms with Crippen LogP contribution in [0.1, 0.15) is 98.9 Å². The summed E-state index contributed by atoms with van der Waals surface area (Å²) in [6.07, 6.45) is -4.42. The molecule has 2 rings (SSSR count). The van der Waals surface area contributed by atoms with Gasteiger partial charge in [0.05, 0.1) is 18.4 Å². The second-order valence-corrected chi connectivity index (χ2v) is 9.71. The first kappa shape index (κ1) is 44.2. The van der Waals surface area contributed by atoms with Gasteiger partial charge in [-0.1, -0.05) is 51.5 Å². The maximum atomic E-state index is 14.0. The van der Waals surface area contributed by atoms with E-state index >= 15 is 0 Å². The van der Waals surface area contributed by atoms with Gasteiger partial charge in [-0.25, -0.2) is 0 Å². The number of fused-ring (bicyclic) bond motifs is 2. The van der Waals surface area contributed by atoms with Gasteiger partial charge in [0.1, 0.15) is 5.60 Å². The molecule has 0 aromatic carbocycles. The van der Waals surface area contributed by atoms with E-state index < -0.39 is 64.7 Å². The standard InChI is InChI=1S/C21H31F3O6.6CH4/c1-7-29-17(26)15(20(6,18(27)28)21(22,23)24)14-10(2)12-8-11(14)9-13(12)16(25)30-19(3,4)5;;;;;;/h10-15H,7-9H2,1-6H3,(H,27,28);6*1H4. The Morgan fingerprint density at radius 2 is 1.42 bits per heavy atom. The van der Waals surface area contributed by atoms with Gasteiger partial charge in [0, 0.05) is 0 Å². The van der Waals surface area contributed by atoms with Gasteiger partial charge in [-0.15, -0.1) is 0 Å². The van der Waals surface area contributed by atoms with Gasteiger partial charge in [-0.3, -0.25) is 14.4 Å². The lowest BCUT2D eigenvalue weighted by Crippen LogP contribution is -2.56. The van der Waals surface area contributed by atoms with Crippen LogP contribution < -0.4 is 0 Å². The fourth-order valence-electron chi connectivity index (χ4n) is 5.39. The fourth-order valence-corrected chi connectivity index (χ4v) is 5.39. The third-order valence-electron chi connectivity index (χ3n) is 6.77. The van der Waals surface area contributed by atoms with Crippen molar-refractivity contribution in [2.45, 2.75) is 111 Å². The molecule has 7 unspecified atom stereocenters. The van der Waals surface area contributed by atoms with Crippen molar-refractivity contribution in [3.05, 3.63) is 0 Å². The molecule has 0 spiro atoms. The van der Waals surface area contributed by atoms with Gasteiger partial charge in [-0.2, -0.15) is 13.2 Å². The molecule has 0 amide bonds. The quantitative estimate of drug-likeness (QED) is 0.350. The van der Waals surface area contributed by atoms with E-state index in [9.17, 15) is 32.7 Å². The Labute approximate surface area is 218 Å². The lowest BCUT2D eigenvalue weighted by Gasteiger charge is -2.43. The minimum Gasteiger partial charge on any atom is -0.481 e. The number of carbonyl (C=O) groups excluding carboxylic acids is 2. The molecule has 2 fully saturated rings. The number of carbonyl (C=O) groups is 3. The summed E-state index contributed by atoms with van der Waals surface area (Å²) in [6, 6.07) is 0. The molecule has 0 radical (unpaired) electrons. The molecule has 0 saturated heterocycles. The smallest absolute Gasteiger partial charge is 0.405 e. The molecular formula is C27H55F3O6. The summed E-state index contributed by atoms with van der Waals surface area (Å²) in [7, 11) is 0. The molecule has 6 nitrogen and oxygen atoms in total. The summed E-state index contributed by atoms with van der Waals surface area (Å²) in [6.45, 7) is 8.77. The van der Waals surface area contributed by atoms with Crippen LogP contribution in [0.25, 0.3) is 0 Å². The Balaban J connectivity index is -0.000000534. The highest BCUT2D eigenvalue weighted by molar-refractivity contribution is 5.85. The zero-order chi connectivity index (χ0) is 23.2. The first-order valence-electron chi connectivity index (χ1n) is 10.3. The third kappa shape index (κ3) is 7.85. The van der Waals surface area contributed by atoms with E-state index in [1.807, 2.05) is 0 Å². The number of carboxylic acids is 1. The van der Waals surface area contributed by atoms with Crippen LogP contribution in [-0.4, -0.2) is 41.4 Å². The Bertz CT molecular complexity index is 699. The predicted molar refractivity (Wildman–Crippen MR) is 141 cm³/mol. The van der Waals surface area contributed by atoms with Crippen LogP contribution in [-0.2, 0) is 23.9 Å². The van der Waals surface area contributed by atoms with Crippen LogP contribution in [0, 0.1) is 40.9 Å². The van der Waals surface area contributed by atoms with Crippen LogP contribution in [0.2, 0.25) is 0 Å². The molecule has 7 atom stereocenters. The van der Waals surface area contributed by atoms with Gasteiger partial charge in [0.2, 0.25) is 0 Å². The average molecular weight is 533 g/mol. The minimum absolute atomic E-state index is 0. The second kappa shape index (κ2) is 14.8. The van der Waals surface area contributed by atoms with Gasteiger partial charge < -0.3 is 14.6 Å². The number of hydrogen-bond donors (Lipinski definition) is 1. The van der Waals surface area contributed by atoms with Gasteiger partial charge in [0.15, 0.2) is 5.41 Å². The van der Waals surface area contributed by atoms with Crippen molar-refractivity contribution in [1.29, 1.82) is 0 Å². The monoisotopic (exact) mass is 532 g/mol. The van der Waals surface area contributed by atoms with Crippen molar-refractivity contribution in [2.24, 2.45) is 40.9 Å². The van der Waals surface area contributed by atoms with Crippen molar-refractivity contribution in [1.82, 2.24) is 0 Å². The molecule has 9 heteroatoms. The molecule has 1 N–H and O–H groups in total. The largest absolute Gasteiger partial charge is 0.481 e. The molecular weight excluding hydrogens is 477 g/mol. The number of alkyl halides is 3. The van der Waals surface area contributed by atoms with E-state index in [4.69, 9.17) is 9.47 Å². The molecule has 2 aliphatic rings. The molecule has 0 aromatic heterocycles. The average Bonchev–Trinajstić information content (AvgIpc) is 3.12. The number of ether oxygens (including phenoxy) is 2. The molecule has 0 aliphatic heterocycles. The lowest BCUT2D eigenvalue weighted by atomic mass is 9.61. The molecule has 2 saturated carbocycles. The lowest BCUT2D eigenvalue weighted by molar-refractivity contribution is -0.251. The van der Waals surface area contributed by atoms with E-state index in [2.05, 4.69) is 0 Å².